The van der Waals surface area contributed by atoms with Crippen molar-refractivity contribution in [1.82, 2.24) is 10.3 Å². The molecule has 0 aliphatic rings. The van der Waals surface area contributed by atoms with Crippen molar-refractivity contribution in [3.63, 3.8) is 0 Å². The summed E-state index contributed by atoms with van der Waals surface area (Å²) in [5, 5.41) is 4.44. The van der Waals surface area contributed by atoms with Gasteiger partial charge in [0.1, 0.15) is 0 Å². The number of H-pyrrole nitrogens is 1. The molecule has 2 aromatic carbocycles. The van der Waals surface area contributed by atoms with E-state index in [9.17, 15) is 4.79 Å². The van der Waals surface area contributed by atoms with E-state index in [1.807, 2.05) is 25.2 Å². The molecule has 1 aromatic heterocycles. The Morgan fingerprint density at radius 2 is 2.00 bits per heavy atom. The average Bonchev–Trinajstić information content (AvgIpc) is 2.83. The molecule has 0 spiro atoms. The van der Waals surface area contributed by atoms with E-state index in [4.69, 9.17) is 27.6 Å². The van der Waals surface area contributed by atoms with E-state index in [1.54, 1.807) is 18.2 Å². The highest BCUT2D eigenvalue weighted by atomic mass is 35.5. The first kappa shape index (κ1) is 14.2. The van der Waals surface area contributed by atoms with Crippen molar-refractivity contribution in [2.45, 2.75) is 6.04 Å². The molecule has 0 saturated carbocycles. The van der Waals surface area contributed by atoms with Gasteiger partial charge in [-0.25, -0.2) is 4.79 Å². The number of aromatic amines is 1. The number of fused-ring (bicyclic) bond motifs is 1. The minimum Gasteiger partial charge on any atom is -0.408 e. The molecule has 0 radical (unpaired) electrons. The van der Waals surface area contributed by atoms with Gasteiger partial charge in [0.2, 0.25) is 0 Å². The van der Waals surface area contributed by atoms with E-state index in [2.05, 4.69) is 10.3 Å². The van der Waals surface area contributed by atoms with Gasteiger partial charge < -0.3 is 9.73 Å². The summed E-state index contributed by atoms with van der Waals surface area (Å²) >= 11 is 12.3. The molecule has 1 atom stereocenters. The summed E-state index contributed by atoms with van der Waals surface area (Å²) in [6.45, 7) is 0. The third-order valence-corrected chi connectivity index (χ3v) is 3.92. The first-order valence-corrected chi connectivity index (χ1v) is 7.09. The van der Waals surface area contributed by atoms with Gasteiger partial charge in [0.05, 0.1) is 11.6 Å². The van der Waals surface area contributed by atoms with Crippen LogP contribution in [0.15, 0.2) is 45.6 Å². The average molecular weight is 323 g/mol. The van der Waals surface area contributed by atoms with Crippen molar-refractivity contribution in [2.24, 2.45) is 0 Å². The number of oxazole rings is 1. The third-order valence-electron chi connectivity index (χ3n) is 3.34. The Balaban J connectivity index is 2.12. The van der Waals surface area contributed by atoms with Crippen LogP contribution in [0, 0.1) is 0 Å². The molecule has 4 nitrogen and oxygen atoms in total. The number of nitrogens with one attached hydrogen (secondary N) is 2. The highest BCUT2D eigenvalue weighted by Gasteiger charge is 2.17. The standard InChI is InChI=1S/C15H12Cl2N2O2/c1-18-14(10-7-9(16)3-4-11(10)17)8-2-5-12-13(6-8)21-15(20)19-12/h2-7,14,18H,1H3,(H,19,20). The van der Waals surface area contributed by atoms with Crippen LogP contribution in [0.25, 0.3) is 11.1 Å². The van der Waals surface area contributed by atoms with E-state index < -0.39 is 5.76 Å². The van der Waals surface area contributed by atoms with Crippen molar-refractivity contribution >= 4 is 34.3 Å². The van der Waals surface area contributed by atoms with Crippen molar-refractivity contribution in [3.05, 3.63) is 68.1 Å². The molecule has 3 rings (SSSR count). The molecule has 1 heterocycles. The second kappa shape index (κ2) is 5.56. The van der Waals surface area contributed by atoms with Crippen LogP contribution in [-0.4, -0.2) is 12.0 Å². The second-order valence-corrected chi connectivity index (χ2v) is 5.50. The molecule has 0 bridgehead atoms. The highest BCUT2D eigenvalue weighted by Crippen LogP contribution is 2.31. The van der Waals surface area contributed by atoms with E-state index >= 15 is 0 Å². The third kappa shape index (κ3) is 2.70. The predicted octanol–water partition coefficient (Wildman–Crippen LogP) is 3.74. The van der Waals surface area contributed by atoms with Gasteiger partial charge in [0.15, 0.2) is 5.58 Å². The molecule has 6 heteroatoms. The first-order valence-electron chi connectivity index (χ1n) is 6.33. The minimum absolute atomic E-state index is 0.152. The summed E-state index contributed by atoms with van der Waals surface area (Å²) in [5.74, 6) is -0.469. The highest BCUT2D eigenvalue weighted by molar-refractivity contribution is 6.33. The Hall–Kier alpha value is -1.75. The van der Waals surface area contributed by atoms with Crippen LogP contribution < -0.4 is 11.1 Å². The Labute approximate surface area is 130 Å². The molecular formula is C15H12Cl2N2O2. The second-order valence-electron chi connectivity index (χ2n) is 4.66. The first-order chi connectivity index (χ1) is 10.1. The fourth-order valence-electron chi connectivity index (χ4n) is 2.38. The summed E-state index contributed by atoms with van der Waals surface area (Å²) < 4.78 is 5.10. The van der Waals surface area contributed by atoms with E-state index in [0.29, 0.717) is 21.1 Å². The van der Waals surface area contributed by atoms with Crippen molar-refractivity contribution in [2.75, 3.05) is 7.05 Å². The molecular weight excluding hydrogens is 311 g/mol. The summed E-state index contributed by atoms with van der Waals surface area (Å²) in [7, 11) is 1.83. The maximum absolute atomic E-state index is 11.2. The Morgan fingerprint density at radius 1 is 1.19 bits per heavy atom. The van der Waals surface area contributed by atoms with Gasteiger partial charge in [0, 0.05) is 10.0 Å². The largest absolute Gasteiger partial charge is 0.417 e. The van der Waals surface area contributed by atoms with Gasteiger partial charge in [-0.15, -0.1) is 0 Å². The number of aromatic nitrogens is 1. The lowest BCUT2D eigenvalue weighted by molar-refractivity contribution is 0.554. The molecule has 2 N–H and O–H groups in total. The Bertz CT molecular complexity index is 854. The van der Waals surface area contributed by atoms with Gasteiger partial charge in [-0.2, -0.15) is 0 Å². The van der Waals surface area contributed by atoms with Gasteiger partial charge in [0.25, 0.3) is 0 Å². The number of rotatable bonds is 3. The normalized spacial score (nSPS) is 12.7. The van der Waals surface area contributed by atoms with Gasteiger partial charge in [-0.3, -0.25) is 4.98 Å². The monoisotopic (exact) mass is 322 g/mol. The smallest absolute Gasteiger partial charge is 0.408 e. The number of halogens is 2. The Morgan fingerprint density at radius 3 is 2.76 bits per heavy atom. The summed E-state index contributed by atoms with van der Waals surface area (Å²) in [6, 6.07) is 10.7. The zero-order chi connectivity index (χ0) is 15.0. The van der Waals surface area contributed by atoms with Crippen LogP contribution in [0.5, 0.6) is 0 Å². The molecule has 0 fully saturated rings. The number of benzene rings is 2. The summed E-state index contributed by atoms with van der Waals surface area (Å²) in [4.78, 5) is 13.8. The topological polar surface area (TPSA) is 58.0 Å². The van der Waals surface area contributed by atoms with Gasteiger partial charge >= 0.3 is 5.76 Å². The fourth-order valence-corrected chi connectivity index (χ4v) is 2.79. The molecule has 0 amide bonds. The lowest BCUT2D eigenvalue weighted by Gasteiger charge is -2.18. The molecule has 0 aliphatic carbocycles. The molecule has 1 unspecified atom stereocenters. The molecule has 3 aromatic rings. The maximum atomic E-state index is 11.2. The fraction of sp³-hybridized carbons (Fsp3) is 0.133. The van der Waals surface area contributed by atoms with E-state index in [1.165, 1.54) is 0 Å². The van der Waals surface area contributed by atoms with Crippen molar-refractivity contribution in [1.29, 1.82) is 0 Å². The van der Waals surface area contributed by atoms with E-state index in [-0.39, 0.29) is 6.04 Å². The zero-order valence-electron chi connectivity index (χ0n) is 11.1. The van der Waals surface area contributed by atoms with Gasteiger partial charge in [-0.1, -0.05) is 29.3 Å². The van der Waals surface area contributed by atoms with Crippen LogP contribution in [0.2, 0.25) is 10.0 Å². The van der Waals surface area contributed by atoms with E-state index in [0.717, 1.165) is 11.1 Å². The summed E-state index contributed by atoms with van der Waals surface area (Å²) in [6.07, 6.45) is 0. The van der Waals surface area contributed by atoms with Gasteiger partial charge in [-0.05, 0) is 48.5 Å². The molecule has 0 aliphatic heterocycles. The number of hydrogen-bond donors (Lipinski definition) is 2. The zero-order valence-corrected chi connectivity index (χ0v) is 12.6. The van der Waals surface area contributed by atoms with Crippen molar-refractivity contribution in [3.8, 4) is 0 Å². The van der Waals surface area contributed by atoms with Crippen LogP contribution >= 0.6 is 23.2 Å². The lowest BCUT2D eigenvalue weighted by atomic mass is 9.98. The quantitative estimate of drug-likeness (QED) is 0.772. The summed E-state index contributed by atoms with van der Waals surface area (Å²) in [5.41, 5.74) is 2.97. The molecule has 108 valence electrons. The van der Waals surface area contributed by atoms with Crippen LogP contribution in [0.3, 0.4) is 0 Å². The lowest BCUT2D eigenvalue weighted by Crippen LogP contribution is -2.18. The molecule has 0 saturated heterocycles. The maximum Gasteiger partial charge on any atom is 0.417 e. The van der Waals surface area contributed by atoms with Crippen LogP contribution in [0.1, 0.15) is 17.2 Å². The van der Waals surface area contributed by atoms with Crippen LogP contribution in [0.4, 0.5) is 0 Å². The minimum atomic E-state index is -0.469. The molecule has 21 heavy (non-hydrogen) atoms. The SMILES string of the molecule is CNC(c1ccc2[nH]c(=O)oc2c1)c1cc(Cl)ccc1Cl. The predicted molar refractivity (Wildman–Crippen MR) is 84.2 cm³/mol. The van der Waals surface area contributed by atoms with Crippen LogP contribution in [-0.2, 0) is 0 Å². The van der Waals surface area contributed by atoms with Crippen molar-refractivity contribution < 1.29 is 4.42 Å². The Kier molecular flexibility index (Phi) is 3.76. The number of hydrogen-bond acceptors (Lipinski definition) is 3.